The molecular weight excluding hydrogens is 132 g/mol. The molecular formula is C11H20. The van der Waals surface area contributed by atoms with Gasteiger partial charge in [0.05, 0.1) is 0 Å². The number of hydrogen-bond acceptors (Lipinski definition) is 0. The zero-order valence-electron chi connectivity index (χ0n) is 8.11. The average Bonchev–Trinajstić information content (AvgIpc) is 2.05. The van der Waals surface area contributed by atoms with Crippen LogP contribution in [0.2, 0.25) is 0 Å². The first-order chi connectivity index (χ1) is 5.22. The van der Waals surface area contributed by atoms with E-state index >= 15 is 0 Å². The fourth-order valence-electron chi connectivity index (χ4n) is 1.94. The van der Waals surface area contributed by atoms with Gasteiger partial charge >= 0.3 is 0 Å². The number of allylic oxidation sites excluding steroid dienone is 2. The van der Waals surface area contributed by atoms with Crippen LogP contribution in [0.3, 0.4) is 0 Å². The van der Waals surface area contributed by atoms with Gasteiger partial charge in [-0.1, -0.05) is 30.4 Å². The van der Waals surface area contributed by atoms with Crippen molar-refractivity contribution < 1.29 is 0 Å². The maximum Gasteiger partial charge on any atom is -0.0204 e. The molecule has 0 heterocycles. The minimum absolute atomic E-state index is 0.925. The highest BCUT2D eigenvalue weighted by atomic mass is 14.2. The second kappa shape index (κ2) is 3.94. The molecule has 0 bridgehead atoms. The molecule has 0 saturated heterocycles. The van der Waals surface area contributed by atoms with Gasteiger partial charge in [0.15, 0.2) is 0 Å². The van der Waals surface area contributed by atoms with Crippen LogP contribution in [-0.4, -0.2) is 0 Å². The Morgan fingerprint density at radius 3 is 1.91 bits per heavy atom. The Kier molecular flexibility index (Phi) is 3.16. The third-order valence-electron chi connectivity index (χ3n) is 3.01. The Morgan fingerprint density at radius 2 is 1.45 bits per heavy atom. The van der Waals surface area contributed by atoms with E-state index in [1.807, 2.05) is 0 Å². The molecule has 1 fully saturated rings. The van der Waals surface area contributed by atoms with Gasteiger partial charge in [-0.2, -0.15) is 0 Å². The van der Waals surface area contributed by atoms with E-state index in [1.54, 1.807) is 5.57 Å². The summed E-state index contributed by atoms with van der Waals surface area (Å²) in [4.78, 5) is 0. The van der Waals surface area contributed by atoms with Crippen molar-refractivity contribution >= 4 is 0 Å². The molecule has 0 atom stereocenters. The van der Waals surface area contributed by atoms with E-state index < -0.39 is 0 Å². The fourth-order valence-corrected chi connectivity index (χ4v) is 1.94. The fraction of sp³-hybridized carbons (Fsp3) is 0.818. The summed E-state index contributed by atoms with van der Waals surface area (Å²) in [7, 11) is 0. The van der Waals surface area contributed by atoms with E-state index in [0.717, 1.165) is 5.92 Å². The monoisotopic (exact) mass is 152 g/mol. The first-order valence-corrected chi connectivity index (χ1v) is 4.86. The summed E-state index contributed by atoms with van der Waals surface area (Å²) >= 11 is 0. The lowest BCUT2D eigenvalue weighted by Crippen LogP contribution is -2.08. The van der Waals surface area contributed by atoms with Crippen LogP contribution >= 0.6 is 0 Å². The van der Waals surface area contributed by atoms with Gasteiger partial charge in [-0.25, -0.2) is 0 Å². The lowest BCUT2D eigenvalue weighted by atomic mass is 9.83. The maximum absolute atomic E-state index is 2.31. The molecule has 1 rings (SSSR count). The average molecular weight is 152 g/mol. The van der Waals surface area contributed by atoms with Gasteiger partial charge in [-0.05, 0) is 39.5 Å². The first-order valence-electron chi connectivity index (χ1n) is 4.86. The van der Waals surface area contributed by atoms with E-state index in [4.69, 9.17) is 0 Å². The summed E-state index contributed by atoms with van der Waals surface area (Å²) in [5.74, 6) is 0.925. The molecule has 0 aromatic carbocycles. The Hall–Kier alpha value is -0.260. The van der Waals surface area contributed by atoms with Crippen molar-refractivity contribution in [2.45, 2.75) is 52.9 Å². The van der Waals surface area contributed by atoms with Gasteiger partial charge in [-0.3, -0.25) is 0 Å². The van der Waals surface area contributed by atoms with Crippen molar-refractivity contribution in [3.05, 3.63) is 11.1 Å². The topological polar surface area (TPSA) is 0 Å². The minimum Gasteiger partial charge on any atom is -0.0772 e. The maximum atomic E-state index is 2.31. The molecule has 1 saturated carbocycles. The van der Waals surface area contributed by atoms with E-state index in [2.05, 4.69) is 20.8 Å². The van der Waals surface area contributed by atoms with Crippen LogP contribution in [0.15, 0.2) is 11.1 Å². The van der Waals surface area contributed by atoms with E-state index in [9.17, 15) is 0 Å². The van der Waals surface area contributed by atoms with Crippen LogP contribution in [0.5, 0.6) is 0 Å². The molecule has 0 N–H and O–H groups in total. The Labute approximate surface area is 70.7 Å². The predicted octanol–water partition coefficient (Wildman–Crippen LogP) is 3.92. The van der Waals surface area contributed by atoms with Crippen molar-refractivity contribution in [2.75, 3.05) is 0 Å². The quantitative estimate of drug-likeness (QED) is 0.499. The summed E-state index contributed by atoms with van der Waals surface area (Å²) in [6.45, 7) is 6.79. The van der Waals surface area contributed by atoms with Crippen LogP contribution < -0.4 is 0 Å². The molecule has 0 nitrogen and oxygen atoms in total. The molecule has 0 heteroatoms. The van der Waals surface area contributed by atoms with Gasteiger partial charge in [0.1, 0.15) is 0 Å². The van der Waals surface area contributed by atoms with Gasteiger partial charge in [-0.15, -0.1) is 0 Å². The highest BCUT2D eigenvalue weighted by Gasteiger charge is 2.14. The van der Waals surface area contributed by atoms with Gasteiger partial charge in [0, 0.05) is 0 Å². The smallest absolute Gasteiger partial charge is 0.0204 e. The summed E-state index contributed by atoms with van der Waals surface area (Å²) in [5.41, 5.74) is 3.20. The second-order valence-electron chi connectivity index (χ2n) is 4.02. The van der Waals surface area contributed by atoms with E-state index in [-0.39, 0.29) is 0 Å². The Balaban J connectivity index is 2.52. The van der Waals surface area contributed by atoms with Crippen LogP contribution in [0, 0.1) is 5.92 Å². The van der Waals surface area contributed by atoms with Crippen molar-refractivity contribution in [1.82, 2.24) is 0 Å². The molecule has 0 aliphatic heterocycles. The summed E-state index contributed by atoms with van der Waals surface area (Å²) in [6, 6.07) is 0. The highest BCUT2D eigenvalue weighted by Crippen LogP contribution is 2.30. The van der Waals surface area contributed by atoms with Crippen molar-refractivity contribution in [3.8, 4) is 0 Å². The number of rotatable bonds is 1. The summed E-state index contributed by atoms with van der Waals surface area (Å²) in [6.07, 6.45) is 7.26. The molecule has 0 aromatic rings. The van der Waals surface area contributed by atoms with Crippen LogP contribution in [0.1, 0.15) is 52.9 Å². The third-order valence-corrected chi connectivity index (χ3v) is 3.01. The van der Waals surface area contributed by atoms with Crippen LogP contribution in [0.25, 0.3) is 0 Å². The van der Waals surface area contributed by atoms with Crippen molar-refractivity contribution in [2.24, 2.45) is 5.92 Å². The molecule has 0 radical (unpaired) electrons. The van der Waals surface area contributed by atoms with Crippen LogP contribution in [-0.2, 0) is 0 Å². The lowest BCUT2D eigenvalue weighted by Gasteiger charge is -2.23. The highest BCUT2D eigenvalue weighted by molar-refractivity contribution is 5.10. The standard InChI is InChI=1S/C11H20/c1-9(2)10(3)11-7-5-4-6-8-11/h11H,4-8H2,1-3H3. The number of hydrogen-bond donors (Lipinski definition) is 0. The van der Waals surface area contributed by atoms with Crippen molar-refractivity contribution in [1.29, 1.82) is 0 Å². The van der Waals surface area contributed by atoms with Gasteiger partial charge in [0.2, 0.25) is 0 Å². The molecule has 0 unspecified atom stereocenters. The lowest BCUT2D eigenvalue weighted by molar-refractivity contribution is 0.401. The van der Waals surface area contributed by atoms with Crippen LogP contribution in [0.4, 0.5) is 0 Å². The summed E-state index contributed by atoms with van der Waals surface area (Å²) in [5, 5.41) is 0. The van der Waals surface area contributed by atoms with E-state index in [0.29, 0.717) is 0 Å². The first kappa shape index (κ1) is 8.83. The van der Waals surface area contributed by atoms with Crippen molar-refractivity contribution in [3.63, 3.8) is 0 Å². The molecule has 0 aromatic heterocycles. The molecule has 0 spiro atoms. The SMILES string of the molecule is CC(C)=C(C)C1CCCCC1. The molecule has 64 valence electrons. The summed E-state index contributed by atoms with van der Waals surface area (Å²) < 4.78 is 0. The van der Waals surface area contributed by atoms with Gasteiger partial charge < -0.3 is 0 Å². The van der Waals surface area contributed by atoms with Gasteiger partial charge in [0.25, 0.3) is 0 Å². The normalized spacial score (nSPS) is 19.9. The largest absolute Gasteiger partial charge is 0.0772 e. The Morgan fingerprint density at radius 1 is 0.909 bits per heavy atom. The zero-order valence-corrected chi connectivity index (χ0v) is 8.11. The minimum atomic E-state index is 0.925. The molecule has 1 aliphatic carbocycles. The molecule has 11 heavy (non-hydrogen) atoms. The van der Waals surface area contributed by atoms with E-state index in [1.165, 1.54) is 37.7 Å². The zero-order chi connectivity index (χ0) is 8.27. The molecule has 0 amide bonds. The second-order valence-corrected chi connectivity index (χ2v) is 4.02. The predicted molar refractivity (Wildman–Crippen MR) is 50.6 cm³/mol. The molecule has 1 aliphatic rings. The third kappa shape index (κ3) is 2.36. The Bertz CT molecular complexity index is 143.